The van der Waals surface area contributed by atoms with E-state index in [0.29, 0.717) is 10.9 Å². The Balaban J connectivity index is 4.42. The van der Waals surface area contributed by atoms with Crippen LogP contribution in [-0.2, 0) is 9.59 Å². The maximum Gasteiger partial charge on any atom is 0.177 e. The molecule has 0 aliphatic rings. The number of carboxylic acid groups (broad SMARTS) is 1. The Morgan fingerprint density at radius 2 is 1.57 bits per heavy atom. The molecule has 5 heteroatoms. The summed E-state index contributed by atoms with van der Waals surface area (Å²) in [6, 6.07) is 0. The third kappa shape index (κ3) is 9.58. The summed E-state index contributed by atoms with van der Waals surface area (Å²) in [7, 11) is 5.45. The number of aliphatic carboxylic acids is 1. The summed E-state index contributed by atoms with van der Waals surface area (Å²) in [5.41, 5.74) is -1.82. The molecule has 0 spiro atoms. The molecule has 0 bridgehead atoms. The molecule has 1 N–H and O–H groups in total. The number of aliphatic hydroxyl groups is 1. The van der Waals surface area contributed by atoms with Crippen LogP contribution >= 0.6 is 0 Å². The number of unbranched alkanes of at least 4 members (excludes halogenated alkanes) is 5. The summed E-state index contributed by atoms with van der Waals surface area (Å²) in [5, 5.41) is 21.3. The molecule has 1 atom stereocenters. The van der Waals surface area contributed by atoms with E-state index in [1.54, 1.807) is 0 Å². The van der Waals surface area contributed by atoms with E-state index in [1.807, 2.05) is 21.1 Å². The van der Waals surface area contributed by atoms with E-state index in [9.17, 15) is 19.8 Å². The Morgan fingerprint density at radius 3 is 2.05 bits per heavy atom. The zero-order chi connectivity index (χ0) is 16.5. The van der Waals surface area contributed by atoms with E-state index >= 15 is 0 Å². The van der Waals surface area contributed by atoms with Gasteiger partial charge in [0.25, 0.3) is 0 Å². The predicted octanol–water partition coefficient (Wildman–Crippen LogP) is 0.883. The van der Waals surface area contributed by atoms with Crippen molar-refractivity contribution < 1.29 is 24.3 Å². The number of hydrogen-bond acceptors (Lipinski definition) is 4. The summed E-state index contributed by atoms with van der Waals surface area (Å²) in [6.07, 6.45) is 5.86. The van der Waals surface area contributed by atoms with Gasteiger partial charge in [0.2, 0.25) is 0 Å². The van der Waals surface area contributed by atoms with Crippen molar-refractivity contribution in [1.29, 1.82) is 0 Å². The molecule has 5 nitrogen and oxygen atoms in total. The van der Waals surface area contributed by atoms with Crippen molar-refractivity contribution in [2.75, 3.05) is 27.7 Å². The van der Waals surface area contributed by atoms with Crippen LogP contribution in [0.1, 0.15) is 58.3 Å². The molecular formula is C16H31NO4. The van der Waals surface area contributed by atoms with Gasteiger partial charge in [-0.15, -0.1) is 0 Å². The second-order valence-electron chi connectivity index (χ2n) is 6.97. The summed E-state index contributed by atoms with van der Waals surface area (Å²) in [5.74, 6) is -1.77. The molecule has 0 unspecified atom stereocenters. The molecule has 0 saturated heterocycles. The molecule has 0 aromatic heterocycles. The third-order valence-electron chi connectivity index (χ3n) is 3.45. The number of carbonyl (C=O) groups excluding carboxylic acids is 2. The van der Waals surface area contributed by atoms with Gasteiger partial charge >= 0.3 is 0 Å². The van der Waals surface area contributed by atoms with Crippen molar-refractivity contribution in [3.8, 4) is 0 Å². The summed E-state index contributed by atoms with van der Waals surface area (Å²) in [4.78, 5) is 23.0. The van der Waals surface area contributed by atoms with E-state index in [2.05, 4.69) is 6.92 Å². The van der Waals surface area contributed by atoms with Crippen molar-refractivity contribution in [2.24, 2.45) is 0 Å². The van der Waals surface area contributed by atoms with Gasteiger partial charge in [0.1, 0.15) is 6.54 Å². The summed E-state index contributed by atoms with van der Waals surface area (Å²) in [6.45, 7) is 2.23. The van der Waals surface area contributed by atoms with Crippen molar-refractivity contribution >= 4 is 11.8 Å². The fraction of sp³-hybridized carbons (Fsp3) is 0.875. The average Bonchev–Trinajstić information content (AvgIpc) is 2.29. The minimum atomic E-state index is -1.82. The first kappa shape index (κ1) is 20.1. The highest BCUT2D eigenvalue weighted by molar-refractivity contribution is 5.90. The molecule has 0 aromatic rings. The SMILES string of the molecule is CCCCCCCCC(=O)[C@@](O)(CC(=O)[O-])C[N+](C)(C)C. The highest BCUT2D eigenvalue weighted by Crippen LogP contribution is 2.19. The molecule has 0 radical (unpaired) electrons. The Bertz CT molecular complexity index is 336. The van der Waals surface area contributed by atoms with Gasteiger partial charge in [0, 0.05) is 18.8 Å². The molecule has 0 heterocycles. The van der Waals surface area contributed by atoms with E-state index in [4.69, 9.17) is 0 Å². The van der Waals surface area contributed by atoms with Crippen LogP contribution in [0.4, 0.5) is 0 Å². The topological polar surface area (TPSA) is 77.4 Å². The number of likely N-dealkylation sites (N-methyl/N-ethyl adjacent to an activating group) is 1. The quantitative estimate of drug-likeness (QED) is 0.429. The predicted molar refractivity (Wildman–Crippen MR) is 80.5 cm³/mol. The van der Waals surface area contributed by atoms with E-state index in [1.165, 1.54) is 12.8 Å². The second-order valence-corrected chi connectivity index (χ2v) is 6.97. The van der Waals surface area contributed by atoms with Gasteiger partial charge in [0.05, 0.1) is 21.1 Å². The molecule has 0 saturated carbocycles. The summed E-state index contributed by atoms with van der Waals surface area (Å²) < 4.78 is 0.325. The number of hydrogen-bond donors (Lipinski definition) is 1. The van der Waals surface area contributed by atoms with Crippen molar-refractivity contribution in [2.45, 2.75) is 63.9 Å². The van der Waals surface area contributed by atoms with Crippen molar-refractivity contribution in [1.82, 2.24) is 0 Å². The average molecular weight is 301 g/mol. The standard InChI is InChI=1S/C16H31NO4/c1-5-6-7-8-9-10-11-14(18)16(21,12-15(19)20)13-17(2,3)4/h21H,5-13H2,1-4H3/t16-/m1/s1. The van der Waals surface area contributed by atoms with Crippen LogP contribution in [-0.4, -0.2) is 54.6 Å². The van der Waals surface area contributed by atoms with E-state index in [-0.39, 0.29) is 18.7 Å². The van der Waals surface area contributed by atoms with Crippen LogP contribution in [0.5, 0.6) is 0 Å². The molecular weight excluding hydrogens is 270 g/mol. The van der Waals surface area contributed by atoms with Gasteiger partial charge in [0.15, 0.2) is 11.4 Å². The fourth-order valence-electron chi connectivity index (χ4n) is 2.56. The fourth-order valence-corrected chi connectivity index (χ4v) is 2.56. The number of nitrogens with zero attached hydrogens (tertiary/aromatic N) is 1. The summed E-state index contributed by atoms with van der Waals surface area (Å²) >= 11 is 0. The molecule has 21 heavy (non-hydrogen) atoms. The third-order valence-corrected chi connectivity index (χ3v) is 3.45. The van der Waals surface area contributed by atoms with Gasteiger partial charge in [-0.25, -0.2) is 0 Å². The minimum absolute atomic E-state index is 0.0790. The van der Waals surface area contributed by atoms with Crippen LogP contribution in [0.2, 0.25) is 0 Å². The molecule has 0 rings (SSSR count). The molecule has 0 aromatic carbocycles. The van der Waals surface area contributed by atoms with Crippen LogP contribution in [0.25, 0.3) is 0 Å². The highest BCUT2D eigenvalue weighted by atomic mass is 16.4. The van der Waals surface area contributed by atoms with Gasteiger partial charge in [-0.3, -0.25) is 4.79 Å². The van der Waals surface area contributed by atoms with Crippen LogP contribution in [0.15, 0.2) is 0 Å². The Labute approximate surface area is 128 Å². The first-order valence-corrected chi connectivity index (χ1v) is 7.87. The number of quaternary nitrogens is 1. The molecule has 0 aliphatic heterocycles. The highest BCUT2D eigenvalue weighted by Gasteiger charge is 2.40. The first-order valence-electron chi connectivity index (χ1n) is 7.87. The number of carboxylic acids is 1. The number of rotatable bonds is 12. The number of ketones is 1. The zero-order valence-electron chi connectivity index (χ0n) is 14.0. The molecule has 124 valence electrons. The molecule has 0 aliphatic carbocycles. The van der Waals surface area contributed by atoms with Crippen LogP contribution in [0.3, 0.4) is 0 Å². The largest absolute Gasteiger partial charge is 0.550 e. The van der Waals surface area contributed by atoms with Gasteiger partial charge in [-0.2, -0.15) is 0 Å². The lowest BCUT2D eigenvalue weighted by atomic mass is 9.89. The normalized spacial score (nSPS) is 14.7. The lowest BCUT2D eigenvalue weighted by Crippen LogP contribution is -2.56. The molecule has 0 amide bonds. The van der Waals surface area contributed by atoms with Crippen molar-refractivity contribution in [3.05, 3.63) is 0 Å². The molecule has 0 fully saturated rings. The van der Waals surface area contributed by atoms with Gasteiger partial charge < -0.3 is 19.5 Å². The Kier molecular flexibility index (Phi) is 8.74. The van der Waals surface area contributed by atoms with E-state index in [0.717, 1.165) is 19.3 Å². The minimum Gasteiger partial charge on any atom is -0.550 e. The Hall–Kier alpha value is -0.940. The smallest absolute Gasteiger partial charge is 0.177 e. The van der Waals surface area contributed by atoms with Gasteiger partial charge in [-0.05, 0) is 6.42 Å². The van der Waals surface area contributed by atoms with Gasteiger partial charge in [-0.1, -0.05) is 39.0 Å². The maximum absolute atomic E-state index is 12.2. The van der Waals surface area contributed by atoms with Crippen LogP contribution < -0.4 is 5.11 Å². The zero-order valence-corrected chi connectivity index (χ0v) is 14.0. The first-order chi connectivity index (χ1) is 9.60. The number of Topliss-reactive ketones (excluding diaryl/α,β-unsaturated/α-hetero) is 1. The Morgan fingerprint density at radius 1 is 1.05 bits per heavy atom. The maximum atomic E-state index is 12.2. The van der Waals surface area contributed by atoms with Crippen molar-refractivity contribution in [3.63, 3.8) is 0 Å². The van der Waals surface area contributed by atoms with Crippen LogP contribution in [0, 0.1) is 0 Å². The van der Waals surface area contributed by atoms with E-state index < -0.39 is 18.0 Å². The lowest BCUT2D eigenvalue weighted by Gasteiger charge is -2.34. The number of carbonyl (C=O) groups is 2. The lowest BCUT2D eigenvalue weighted by molar-refractivity contribution is -0.875. The second kappa shape index (κ2) is 9.15. The monoisotopic (exact) mass is 301 g/mol.